The van der Waals surface area contributed by atoms with Gasteiger partial charge >= 0.3 is 6.18 Å². The van der Waals surface area contributed by atoms with Crippen LogP contribution >= 0.6 is 15.9 Å². The lowest BCUT2D eigenvalue weighted by Crippen LogP contribution is -2.05. The van der Waals surface area contributed by atoms with Gasteiger partial charge in [-0.15, -0.1) is 0 Å². The van der Waals surface area contributed by atoms with Gasteiger partial charge in [0.05, 0.1) is 43.5 Å². The zero-order chi connectivity index (χ0) is 39.6. The van der Waals surface area contributed by atoms with Crippen LogP contribution in [0.25, 0.3) is 109 Å². The number of benzene rings is 10. The van der Waals surface area contributed by atoms with Crippen molar-refractivity contribution in [3.8, 4) is 22.5 Å². The third kappa shape index (κ3) is 5.12. The van der Waals surface area contributed by atoms with Gasteiger partial charge in [-0.3, -0.25) is 0 Å². The number of fused-ring (bicyclic) bond motifs is 12. The van der Waals surface area contributed by atoms with Crippen molar-refractivity contribution in [3.05, 3.63) is 192 Å². The molecule has 59 heavy (non-hydrogen) atoms. The van der Waals surface area contributed by atoms with E-state index in [-0.39, 0.29) is 0 Å². The molecule has 0 atom stereocenters. The predicted octanol–water partition coefficient (Wildman–Crippen LogP) is 15.9. The van der Waals surface area contributed by atoms with Crippen molar-refractivity contribution >= 4 is 103 Å². The minimum atomic E-state index is -4.50. The molecule has 0 aliphatic carbocycles. The lowest BCUT2D eigenvalue weighted by Gasteiger charge is -2.19. The van der Waals surface area contributed by atoms with Gasteiger partial charge in [0.15, 0.2) is 0 Å². The summed E-state index contributed by atoms with van der Waals surface area (Å²) >= 11 is 4.20. The van der Waals surface area contributed by atoms with Crippen LogP contribution in [0, 0.1) is 0 Å². The van der Waals surface area contributed by atoms with E-state index in [2.05, 4.69) is 171 Å². The van der Waals surface area contributed by atoms with Crippen LogP contribution in [-0.2, 0) is 6.18 Å². The van der Waals surface area contributed by atoms with Crippen molar-refractivity contribution < 1.29 is 13.2 Å². The van der Waals surface area contributed by atoms with E-state index in [1.54, 1.807) is 6.07 Å². The Bertz CT molecular complexity index is 3530. The van der Waals surface area contributed by atoms with Gasteiger partial charge in [-0.25, -0.2) is 0 Å². The highest BCUT2D eigenvalue weighted by Crippen LogP contribution is 2.46. The molecular formula is C53H30BrF3N2. The summed E-state index contributed by atoms with van der Waals surface area (Å²) < 4.78 is 48.4. The topological polar surface area (TPSA) is 9.86 Å². The molecule has 0 unspecified atom stereocenters. The standard InChI is InChI=1S/C53H30BrF3N2/c54-52-48(58-44-22-20-31-10-5-7-18-40(31)50(44)42-25-34-12-1-3-14-36(34)27-46(42)58)29-38(33-16-9-17-39(24-33)53(55,56)57)30-49(52)59-45-23-21-32-11-6-8-19-41(32)51(45)43-26-35-13-2-4-15-37(35)28-47(43)59/h1-30H. The summed E-state index contributed by atoms with van der Waals surface area (Å²) in [5.41, 5.74) is 6.09. The molecule has 12 aromatic rings. The van der Waals surface area contributed by atoms with E-state index in [4.69, 9.17) is 0 Å². The van der Waals surface area contributed by atoms with E-state index in [1.165, 1.54) is 12.1 Å². The second kappa shape index (κ2) is 12.6. The van der Waals surface area contributed by atoms with E-state index < -0.39 is 11.7 Å². The molecule has 0 saturated carbocycles. The van der Waals surface area contributed by atoms with Gasteiger partial charge in [0.2, 0.25) is 0 Å². The summed E-state index contributed by atoms with van der Waals surface area (Å²) in [7, 11) is 0. The lowest BCUT2D eigenvalue weighted by molar-refractivity contribution is -0.137. The van der Waals surface area contributed by atoms with Gasteiger partial charge in [-0.1, -0.05) is 121 Å². The first-order valence-electron chi connectivity index (χ1n) is 19.5. The first-order valence-corrected chi connectivity index (χ1v) is 20.3. The highest BCUT2D eigenvalue weighted by molar-refractivity contribution is 9.10. The van der Waals surface area contributed by atoms with Crippen molar-refractivity contribution in [2.45, 2.75) is 6.18 Å². The van der Waals surface area contributed by atoms with E-state index in [9.17, 15) is 13.2 Å². The molecule has 0 amide bonds. The molecule has 2 nitrogen and oxygen atoms in total. The van der Waals surface area contributed by atoms with Crippen molar-refractivity contribution in [1.82, 2.24) is 9.13 Å². The Balaban J connectivity index is 1.27. The van der Waals surface area contributed by atoms with Crippen molar-refractivity contribution in [2.75, 3.05) is 0 Å². The van der Waals surface area contributed by atoms with Crippen LogP contribution < -0.4 is 0 Å². The molecule has 0 bridgehead atoms. The summed E-state index contributed by atoms with van der Waals surface area (Å²) in [6.07, 6.45) is -4.50. The molecule has 0 aliphatic rings. The zero-order valence-corrected chi connectivity index (χ0v) is 32.8. The normalized spacial score (nSPS) is 12.4. The number of alkyl halides is 3. The third-order valence-corrected chi connectivity index (χ3v) is 12.9. The average Bonchev–Trinajstić information content (AvgIpc) is 3.76. The fourth-order valence-corrected chi connectivity index (χ4v) is 10.0. The SMILES string of the molecule is FC(F)(F)c1cccc(-c2cc(-n3c4cc5ccccc5cc4c4c5ccccc5ccc43)c(Br)c(-n3c4cc5ccccc5cc4c4c5ccccc5ccc43)c2)c1. The minimum Gasteiger partial charge on any atom is -0.308 e. The molecule has 0 fully saturated rings. The molecule has 2 aromatic heterocycles. The number of aromatic nitrogens is 2. The second-order valence-electron chi connectivity index (χ2n) is 15.4. The first kappa shape index (κ1) is 34.2. The number of hydrogen-bond acceptors (Lipinski definition) is 0. The molecule has 0 aliphatic heterocycles. The lowest BCUT2D eigenvalue weighted by atomic mass is 10.0. The smallest absolute Gasteiger partial charge is 0.308 e. The molecule has 280 valence electrons. The molecular weight excluding hydrogens is 801 g/mol. The molecule has 0 spiro atoms. The Hall–Kier alpha value is -6.89. The van der Waals surface area contributed by atoms with Crippen LogP contribution in [0.5, 0.6) is 0 Å². The maximum absolute atomic E-state index is 14.3. The molecule has 0 N–H and O–H groups in total. The Kier molecular flexibility index (Phi) is 7.27. The number of nitrogens with zero attached hydrogens (tertiary/aromatic N) is 2. The van der Waals surface area contributed by atoms with E-state index in [0.717, 1.165) is 109 Å². The zero-order valence-electron chi connectivity index (χ0n) is 31.2. The monoisotopic (exact) mass is 830 g/mol. The van der Waals surface area contributed by atoms with Crippen molar-refractivity contribution in [1.29, 1.82) is 0 Å². The van der Waals surface area contributed by atoms with E-state index in [1.807, 2.05) is 12.1 Å². The maximum Gasteiger partial charge on any atom is 0.416 e. The van der Waals surface area contributed by atoms with Gasteiger partial charge in [-0.2, -0.15) is 13.2 Å². The fraction of sp³-hybridized carbons (Fsp3) is 0.0189. The highest BCUT2D eigenvalue weighted by Gasteiger charge is 2.31. The molecule has 10 aromatic carbocycles. The van der Waals surface area contributed by atoms with Crippen LogP contribution in [0.3, 0.4) is 0 Å². The third-order valence-electron chi connectivity index (χ3n) is 12.1. The summed E-state index contributed by atoms with van der Waals surface area (Å²) in [4.78, 5) is 0. The summed E-state index contributed by atoms with van der Waals surface area (Å²) in [6.45, 7) is 0. The van der Waals surface area contributed by atoms with E-state index >= 15 is 0 Å². The van der Waals surface area contributed by atoms with Crippen molar-refractivity contribution in [3.63, 3.8) is 0 Å². The Labute approximate surface area is 344 Å². The Morgan fingerprint density at radius 3 is 1.27 bits per heavy atom. The highest BCUT2D eigenvalue weighted by atomic mass is 79.9. The fourth-order valence-electron chi connectivity index (χ4n) is 9.43. The molecule has 0 radical (unpaired) electrons. The minimum absolute atomic E-state index is 0.475. The number of halogens is 4. The molecule has 2 heterocycles. The summed E-state index contributed by atoms with van der Waals surface area (Å²) in [5, 5.41) is 13.4. The van der Waals surface area contributed by atoms with Gasteiger partial charge in [0.1, 0.15) is 0 Å². The predicted molar refractivity (Wildman–Crippen MR) is 243 cm³/mol. The molecule has 12 rings (SSSR count). The molecule has 0 saturated heterocycles. The van der Waals surface area contributed by atoms with Crippen LogP contribution in [0.4, 0.5) is 13.2 Å². The largest absolute Gasteiger partial charge is 0.416 e. The first-order chi connectivity index (χ1) is 28.8. The average molecular weight is 832 g/mol. The second-order valence-corrected chi connectivity index (χ2v) is 16.2. The Morgan fingerprint density at radius 2 is 0.797 bits per heavy atom. The van der Waals surface area contributed by atoms with Gasteiger partial charge in [0.25, 0.3) is 0 Å². The maximum atomic E-state index is 14.3. The number of rotatable bonds is 3. The van der Waals surface area contributed by atoms with Crippen LogP contribution in [-0.4, -0.2) is 9.13 Å². The van der Waals surface area contributed by atoms with Crippen LogP contribution in [0.1, 0.15) is 5.56 Å². The number of hydrogen-bond donors (Lipinski definition) is 0. The van der Waals surface area contributed by atoms with Gasteiger partial charge in [0, 0.05) is 21.5 Å². The Morgan fingerprint density at radius 1 is 0.356 bits per heavy atom. The van der Waals surface area contributed by atoms with Gasteiger partial charge in [-0.05, 0) is 131 Å². The molecule has 6 heteroatoms. The van der Waals surface area contributed by atoms with Crippen molar-refractivity contribution in [2.24, 2.45) is 0 Å². The summed E-state index contributed by atoms with van der Waals surface area (Å²) in [5.74, 6) is 0. The van der Waals surface area contributed by atoms with Crippen LogP contribution in [0.15, 0.2) is 186 Å². The van der Waals surface area contributed by atoms with Crippen LogP contribution in [0.2, 0.25) is 0 Å². The summed E-state index contributed by atoms with van der Waals surface area (Å²) in [6, 6.07) is 61.0. The quantitative estimate of drug-likeness (QED) is 0.168. The van der Waals surface area contributed by atoms with Gasteiger partial charge < -0.3 is 9.13 Å². The van der Waals surface area contributed by atoms with E-state index in [0.29, 0.717) is 11.1 Å².